The third-order valence-corrected chi connectivity index (χ3v) is 4.76. The van der Waals surface area contributed by atoms with E-state index in [1.807, 2.05) is 31.2 Å². The molecule has 2 aromatic carbocycles. The standard InChI is InChI=1S/C21H23N5O2/c1-14-23-18-7-2-3-8-19(18)26(14)12-11-22-20(27)15-5-4-6-17(13-15)25-21(28)24-16-9-10-16/h2-8,13,16H,9-12H2,1H3,(H,22,27)(H2,24,25,28). The van der Waals surface area contributed by atoms with Crippen molar-refractivity contribution in [1.82, 2.24) is 20.2 Å². The van der Waals surface area contributed by atoms with Gasteiger partial charge in [-0.25, -0.2) is 9.78 Å². The van der Waals surface area contributed by atoms with Crippen molar-refractivity contribution in [2.24, 2.45) is 0 Å². The molecular weight excluding hydrogens is 354 g/mol. The average Bonchev–Trinajstić information content (AvgIpc) is 3.43. The van der Waals surface area contributed by atoms with Crippen LogP contribution in [0.1, 0.15) is 29.0 Å². The third kappa shape index (κ3) is 4.14. The van der Waals surface area contributed by atoms with Gasteiger partial charge in [0, 0.05) is 30.4 Å². The molecule has 1 aliphatic rings. The third-order valence-electron chi connectivity index (χ3n) is 4.76. The Morgan fingerprint density at radius 2 is 1.96 bits per heavy atom. The molecule has 1 aliphatic carbocycles. The van der Waals surface area contributed by atoms with E-state index in [1.54, 1.807) is 24.3 Å². The highest BCUT2D eigenvalue weighted by Gasteiger charge is 2.23. The van der Waals surface area contributed by atoms with Crippen LogP contribution in [0.3, 0.4) is 0 Å². The van der Waals surface area contributed by atoms with E-state index in [-0.39, 0.29) is 18.0 Å². The van der Waals surface area contributed by atoms with Crippen LogP contribution in [0.25, 0.3) is 11.0 Å². The van der Waals surface area contributed by atoms with Crippen LogP contribution in [-0.4, -0.2) is 34.1 Å². The van der Waals surface area contributed by atoms with Crippen molar-refractivity contribution in [2.75, 3.05) is 11.9 Å². The summed E-state index contributed by atoms with van der Waals surface area (Å²) in [5, 5.41) is 8.57. The second-order valence-corrected chi connectivity index (χ2v) is 7.01. The molecule has 0 saturated heterocycles. The Kier molecular flexibility index (Phi) is 4.97. The van der Waals surface area contributed by atoms with Crippen LogP contribution < -0.4 is 16.0 Å². The summed E-state index contributed by atoms with van der Waals surface area (Å²) in [5.74, 6) is 0.747. The maximum absolute atomic E-state index is 12.5. The van der Waals surface area contributed by atoms with Crippen molar-refractivity contribution >= 4 is 28.7 Å². The van der Waals surface area contributed by atoms with Crippen molar-refractivity contribution in [3.05, 3.63) is 59.9 Å². The predicted octanol–water partition coefficient (Wildman–Crippen LogP) is 3.06. The van der Waals surface area contributed by atoms with Gasteiger partial charge in [-0.2, -0.15) is 0 Å². The molecule has 1 heterocycles. The number of imidazole rings is 1. The fraction of sp³-hybridized carbons (Fsp3) is 0.286. The van der Waals surface area contributed by atoms with E-state index < -0.39 is 0 Å². The van der Waals surface area contributed by atoms with Gasteiger partial charge >= 0.3 is 6.03 Å². The van der Waals surface area contributed by atoms with Gasteiger partial charge in [0.25, 0.3) is 5.91 Å². The highest BCUT2D eigenvalue weighted by Crippen LogP contribution is 2.19. The average molecular weight is 377 g/mol. The molecule has 3 aromatic rings. The van der Waals surface area contributed by atoms with E-state index in [0.29, 0.717) is 24.3 Å². The molecule has 144 valence electrons. The number of aryl methyl sites for hydroxylation is 1. The number of rotatable bonds is 6. The molecule has 0 aliphatic heterocycles. The fourth-order valence-electron chi connectivity index (χ4n) is 3.18. The summed E-state index contributed by atoms with van der Waals surface area (Å²) < 4.78 is 2.09. The molecule has 3 amide bonds. The second kappa shape index (κ2) is 7.72. The predicted molar refractivity (Wildman–Crippen MR) is 108 cm³/mol. The number of hydrogen-bond donors (Lipinski definition) is 3. The first-order valence-corrected chi connectivity index (χ1v) is 9.48. The number of fused-ring (bicyclic) bond motifs is 1. The molecular formula is C21H23N5O2. The van der Waals surface area contributed by atoms with Crippen LogP contribution in [0.5, 0.6) is 0 Å². The van der Waals surface area contributed by atoms with Crippen molar-refractivity contribution in [3.63, 3.8) is 0 Å². The van der Waals surface area contributed by atoms with Crippen LogP contribution in [0, 0.1) is 6.92 Å². The van der Waals surface area contributed by atoms with Crippen LogP contribution >= 0.6 is 0 Å². The topological polar surface area (TPSA) is 88.1 Å². The number of anilines is 1. The van der Waals surface area contributed by atoms with Crippen LogP contribution in [0.15, 0.2) is 48.5 Å². The van der Waals surface area contributed by atoms with Crippen LogP contribution in [-0.2, 0) is 6.54 Å². The summed E-state index contributed by atoms with van der Waals surface area (Å²) >= 11 is 0. The van der Waals surface area contributed by atoms with Gasteiger partial charge in [-0.05, 0) is 50.1 Å². The molecule has 4 rings (SSSR count). The largest absolute Gasteiger partial charge is 0.350 e. The lowest BCUT2D eigenvalue weighted by Gasteiger charge is -2.10. The van der Waals surface area contributed by atoms with Gasteiger partial charge in [0.2, 0.25) is 0 Å². The molecule has 3 N–H and O–H groups in total. The first-order chi connectivity index (χ1) is 13.6. The van der Waals surface area contributed by atoms with Gasteiger partial charge in [-0.15, -0.1) is 0 Å². The van der Waals surface area contributed by atoms with E-state index in [1.165, 1.54) is 0 Å². The van der Waals surface area contributed by atoms with Crippen molar-refractivity contribution < 1.29 is 9.59 Å². The molecule has 1 aromatic heterocycles. The number of hydrogen-bond acceptors (Lipinski definition) is 3. The Labute approximate surface area is 163 Å². The van der Waals surface area contributed by atoms with Gasteiger partial charge < -0.3 is 20.5 Å². The zero-order chi connectivity index (χ0) is 19.5. The molecule has 1 saturated carbocycles. The van der Waals surface area contributed by atoms with E-state index in [4.69, 9.17) is 0 Å². The Bertz CT molecular complexity index is 1020. The Morgan fingerprint density at radius 3 is 2.79 bits per heavy atom. The number of nitrogens with one attached hydrogen (secondary N) is 3. The second-order valence-electron chi connectivity index (χ2n) is 7.01. The molecule has 7 nitrogen and oxygen atoms in total. The van der Waals surface area contributed by atoms with E-state index >= 15 is 0 Å². The molecule has 0 bridgehead atoms. The van der Waals surface area contributed by atoms with Gasteiger partial charge in [-0.1, -0.05) is 18.2 Å². The minimum atomic E-state index is -0.234. The van der Waals surface area contributed by atoms with Crippen molar-refractivity contribution in [3.8, 4) is 0 Å². The summed E-state index contributed by atoms with van der Waals surface area (Å²) in [4.78, 5) is 28.9. The molecule has 28 heavy (non-hydrogen) atoms. The molecule has 0 spiro atoms. The molecule has 7 heteroatoms. The summed E-state index contributed by atoms with van der Waals surface area (Å²) in [5.41, 5.74) is 3.12. The Hall–Kier alpha value is -3.35. The number of carbonyl (C=O) groups is 2. The molecule has 0 atom stereocenters. The van der Waals surface area contributed by atoms with E-state index in [2.05, 4.69) is 25.5 Å². The van der Waals surface area contributed by atoms with E-state index in [0.717, 1.165) is 29.7 Å². The molecule has 1 fully saturated rings. The van der Waals surface area contributed by atoms with Crippen LogP contribution in [0.4, 0.5) is 10.5 Å². The van der Waals surface area contributed by atoms with Gasteiger partial charge in [0.05, 0.1) is 11.0 Å². The Morgan fingerprint density at radius 1 is 1.14 bits per heavy atom. The lowest BCUT2D eigenvalue weighted by atomic mass is 10.2. The highest BCUT2D eigenvalue weighted by molar-refractivity contribution is 5.97. The zero-order valence-corrected chi connectivity index (χ0v) is 15.7. The fourth-order valence-corrected chi connectivity index (χ4v) is 3.18. The molecule has 0 radical (unpaired) electrons. The number of amides is 3. The SMILES string of the molecule is Cc1nc2ccccc2n1CCNC(=O)c1cccc(NC(=O)NC2CC2)c1. The number of aromatic nitrogens is 2. The number of urea groups is 1. The maximum atomic E-state index is 12.5. The van der Waals surface area contributed by atoms with E-state index in [9.17, 15) is 9.59 Å². The Balaban J connectivity index is 1.35. The number of nitrogens with zero attached hydrogens (tertiary/aromatic N) is 2. The summed E-state index contributed by atoms with van der Waals surface area (Å²) in [6.07, 6.45) is 2.06. The summed E-state index contributed by atoms with van der Waals surface area (Å²) in [6.45, 7) is 3.09. The lowest BCUT2D eigenvalue weighted by Crippen LogP contribution is -2.30. The normalized spacial score (nSPS) is 13.3. The summed E-state index contributed by atoms with van der Waals surface area (Å²) in [7, 11) is 0. The first kappa shape index (κ1) is 18.0. The quantitative estimate of drug-likeness (QED) is 0.617. The lowest BCUT2D eigenvalue weighted by molar-refractivity contribution is 0.0952. The smallest absolute Gasteiger partial charge is 0.319 e. The number of benzene rings is 2. The number of para-hydroxylation sites is 2. The van der Waals surface area contributed by atoms with Crippen LogP contribution in [0.2, 0.25) is 0 Å². The number of carbonyl (C=O) groups excluding carboxylic acids is 2. The highest BCUT2D eigenvalue weighted by atomic mass is 16.2. The first-order valence-electron chi connectivity index (χ1n) is 9.48. The van der Waals surface area contributed by atoms with Gasteiger partial charge in [0.15, 0.2) is 0 Å². The van der Waals surface area contributed by atoms with Gasteiger partial charge in [0.1, 0.15) is 5.82 Å². The molecule has 0 unspecified atom stereocenters. The van der Waals surface area contributed by atoms with Crippen molar-refractivity contribution in [1.29, 1.82) is 0 Å². The van der Waals surface area contributed by atoms with Crippen molar-refractivity contribution in [2.45, 2.75) is 32.4 Å². The maximum Gasteiger partial charge on any atom is 0.319 e. The monoisotopic (exact) mass is 377 g/mol. The minimum absolute atomic E-state index is 0.173. The van der Waals surface area contributed by atoms with Gasteiger partial charge in [-0.3, -0.25) is 4.79 Å². The zero-order valence-electron chi connectivity index (χ0n) is 15.7. The summed E-state index contributed by atoms with van der Waals surface area (Å²) in [6, 6.07) is 14.9. The minimum Gasteiger partial charge on any atom is -0.350 e.